The van der Waals surface area contributed by atoms with Crippen molar-refractivity contribution in [3.8, 4) is 0 Å². The zero-order chi connectivity index (χ0) is 15.8. The van der Waals surface area contributed by atoms with Crippen LogP contribution in [0.5, 0.6) is 0 Å². The van der Waals surface area contributed by atoms with Crippen LogP contribution in [0.2, 0.25) is 6.04 Å². The number of rotatable bonds is 15. The summed E-state index contributed by atoms with van der Waals surface area (Å²) in [5.41, 5.74) is 0. The molecule has 0 saturated heterocycles. The van der Waals surface area contributed by atoms with E-state index >= 15 is 0 Å². The molecule has 0 aliphatic heterocycles. The van der Waals surface area contributed by atoms with Crippen molar-refractivity contribution in [1.29, 1.82) is 0 Å². The average Bonchev–Trinajstić information content (AvgIpc) is 2.51. The first-order valence-corrected chi connectivity index (χ1v) is 9.71. The lowest BCUT2D eigenvalue weighted by Gasteiger charge is -2.29. The van der Waals surface area contributed by atoms with Crippen LogP contribution in [-0.4, -0.2) is 54.5 Å². The smallest absolute Gasteiger partial charge is 0.380 e. The molecule has 0 aliphatic rings. The SMILES string of the molecule is CCCO[Si](CCOCCN=C=O)(OCCC)OCCC. The number of hydrogen-bond acceptors (Lipinski definition) is 6. The molecular weight excluding hydrogens is 290 g/mol. The molecule has 0 heterocycles. The molecule has 0 atom stereocenters. The van der Waals surface area contributed by atoms with E-state index in [0.717, 1.165) is 19.3 Å². The van der Waals surface area contributed by atoms with E-state index in [4.69, 9.17) is 18.0 Å². The van der Waals surface area contributed by atoms with E-state index in [2.05, 4.69) is 25.8 Å². The van der Waals surface area contributed by atoms with E-state index in [-0.39, 0.29) is 0 Å². The highest BCUT2D eigenvalue weighted by Crippen LogP contribution is 2.17. The minimum absolute atomic E-state index is 0.333. The van der Waals surface area contributed by atoms with Crippen molar-refractivity contribution in [1.82, 2.24) is 0 Å². The van der Waals surface area contributed by atoms with Crippen LogP contribution in [0.25, 0.3) is 0 Å². The summed E-state index contributed by atoms with van der Waals surface area (Å²) in [6.07, 6.45) is 4.26. The standard InChI is InChI=1S/C14H29NO5Si/c1-4-8-18-21(19-9-5-2,20-10-6-3)13-12-17-11-7-15-14-16/h4-13H2,1-3H3. The van der Waals surface area contributed by atoms with Gasteiger partial charge in [-0.25, -0.2) is 9.79 Å². The molecule has 0 amide bonds. The molecule has 0 aromatic heterocycles. The summed E-state index contributed by atoms with van der Waals surface area (Å²) in [6.45, 7) is 9.30. The van der Waals surface area contributed by atoms with Crippen LogP contribution in [0.1, 0.15) is 40.0 Å². The van der Waals surface area contributed by atoms with Crippen LogP contribution in [-0.2, 0) is 22.8 Å². The first-order valence-electron chi connectivity index (χ1n) is 7.77. The zero-order valence-corrected chi connectivity index (χ0v) is 14.6. The molecule has 0 rings (SSSR count). The Morgan fingerprint density at radius 3 is 1.81 bits per heavy atom. The molecule has 7 heteroatoms. The first kappa shape index (κ1) is 20.4. The number of ether oxygens (including phenoxy) is 1. The summed E-state index contributed by atoms with van der Waals surface area (Å²) in [5, 5.41) is 0. The lowest BCUT2D eigenvalue weighted by molar-refractivity contribution is 0.0485. The summed E-state index contributed by atoms with van der Waals surface area (Å²) in [4.78, 5) is 13.4. The Morgan fingerprint density at radius 1 is 0.857 bits per heavy atom. The Hall–Kier alpha value is -0.563. The van der Waals surface area contributed by atoms with Gasteiger partial charge in [0.05, 0.1) is 19.8 Å². The van der Waals surface area contributed by atoms with Gasteiger partial charge >= 0.3 is 8.80 Å². The molecule has 21 heavy (non-hydrogen) atoms. The van der Waals surface area contributed by atoms with Crippen LogP contribution in [0.4, 0.5) is 0 Å². The molecule has 0 fully saturated rings. The maximum absolute atomic E-state index is 9.95. The number of aliphatic imine (C=N–C) groups is 1. The molecule has 0 radical (unpaired) electrons. The minimum Gasteiger partial charge on any atom is -0.380 e. The third-order valence-corrected chi connectivity index (χ3v) is 5.29. The Labute approximate surface area is 129 Å². The minimum atomic E-state index is -2.66. The van der Waals surface area contributed by atoms with Gasteiger partial charge in [-0.2, -0.15) is 0 Å². The Bertz CT molecular complexity index is 263. The molecule has 0 aliphatic carbocycles. The third-order valence-electron chi connectivity index (χ3n) is 2.54. The van der Waals surface area contributed by atoms with Gasteiger partial charge in [-0.3, -0.25) is 0 Å². The molecule has 124 valence electrons. The first-order chi connectivity index (χ1) is 10.2. The topological polar surface area (TPSA) is 66.4 Å². The van der Waals surface area contributed by atoms with Gasteiger partial charge in [-0.1, -0.05) is 20.8 Å². The fourth-order valence-electron chi connectivity index (χ4n) is 1.57. The zero-order valence-electron chi connectivity index (χ0n) is 13.6. The van der Waals surface area contributed by atoms with E-state index in [1.54, 1.807) is 0 Å². The highest BCUT2D eigenvalue weighted by molar-refractivity contribution is 6.60. The molecule has 0 spiro atoms. The Morgan fingerprint density at radius 2 is 1.38 bits per heavy atom. The fraction of sp³-hybridized carbons (Fsp3) is 0.929. The maximum atomic E-state index is 9.95. The monoisotopic (exact) mass is 319 g/mol. The Balaban J connectivity index is 4.37. The lowest BCUT2D eigenvalue weighted by atomic mass is 10.5. The third kappa shape index (κ3) is 10.8. The van der Waals surface area contributed by atoms with Crippen molar-refractivity contribution in [2.24, 2.45) is 4.99 Å². The van der Waals surface area contributed by atoms with Gasteiger partial charge in [0, 0.05) is 25.9 Å². The molecular formula is C14H29NO5Si. The number of carbonyl (C=O) groups excluding carboxylic acids is 1. The van der Waals surface area contributed by atoms with Gasteiger partial charge < -0.3 is 18.0 Å². The van der Waals surface area contributed by atoms with Crippen LogP contribution in [0, 0.1) is 0 Å². The van der Waals surface area contributed by atoms with Crippen molar-refractivity contribution in [3.63, 3.8) is 0 Å². The summed E-state index contributed by atoms with van der Waals surface area (Å²) < 4.78 is 23.3. The summed E-state index contributed by atoms with van der Waals surface area (Å²) in [5.74, 6) is 0. The predicted octanol–water partition coefficient (Wildman–Crippen LogP) is 2.56. The van der Waals surface area contributed by atoms with Gasteiger partial charge in [0.15, 0.2) is 0 Å². The van der Waals surface area contributed by atoms with Crippen molar-refractivity contribution in [3.05, 3.63) is 0 Å². The quantitative estimate of drug-likeness (QED) is 0.201. The highest BCUT2D eigenvalue weighted by Gasteiger charge is 2.40. The Kier molecular flexibility index (Phi) is 14.0. The normalized spacial score (nSPS) is 11.4. The van der Waals surface area contributed by atoms with Gasteiger partial charge in [-0.15, -0.1) is 0 Å². The molecule has 0 unspecified atom stereocenters. The maximum Gasteiger partial charge on any atom is 0.503 e. The van der Waals surface area contributed by atoms with E-state index in [1.165, 1.54) is 6.08 Å². The molecule has 0 N–H and O–H groups in total. The molecule has 0 aromatic carbocycles. The van der Waals surface area contributed by atoms with Gasteiger partial charge in [0.25, 0.3) is 0 Å². The second kappa shape index (κ2) is 14.4. The van der Waals surface area contributed by atoms with Crippen molar-refractivity contribution < 1.29 is 22.8 Å². The summed E-state index contributed by atoms with van der Waals surface area (Å²) in [6, 6.07) is 0.623. The van der Waals surface area contributed by atoms with Gasteiger partial charge in [0.2, 0.25) is 6.08 Å². The van der Waals surface area contributed by atoms with E-state index < -0.39 is 8.80 Å². The summed E-state index contributed by atoms with van der Waals surface area (Å²) >= 11 is 0. The number of nitrogens with zero attached hydrogens (tertiary/aromatic N) is 1. The van der Waals surface area contributed by atoms with Crippen molar-refractivity contribution in [2.45, 2.75) is 46.1 Å². The number of isocyanates is 1. The second-order valence-corrected chi connectivity index (χ2v) is 7.30. The molecule has 6 nitrogen and oxygen atoms in total. The van der Waals surface area contributed by atoms with Crippen LogP contribution >= 0.6 is 0 Å². The molecule has 0 aromatic rings. The molecule has 0 saturated carbocycles. The molecule has 0 bridgehead atoms. The predicted molar refractivity (Wildman–Crippen MR) is 83.1 cm³/mol. The van der Waals surface area contributed by atoms with Crippen molar-refractivity contribution >= 4 is 14.9 Å². The van der Waals surface area contributed by atoms with E-state index in [9.17, 15) is 4.79 Å². The van der Waals surface area contributed by atoms with Gasteiger partial charge in [-0.05, 0) is 19.3 Å². The fourth-order valence-corrected chi connectivity index (χ4v) is 4.19. The largest absolute Gasteiger partial charge is 0.503 e. The summed E-state index contributed by atoms with van der Waals surface area (Å²) in [7, 11) is -2.66. The lowest BCUT2D eigenvalue weighted by Crippen LogP contribution is -2.47. The van der Waals surface area contributed by atoms with Gasteiger partial charge in [0.1, 0.15) is 0 Å². The van der Waals surface area contributed by atoms with Crippen LogP contribution in [0.3, 0.4) is 0 Å². The average molecular weight is 319 g/mol. The van der Waals surface area contributed by atoms with Crippen molar-refractivity contribution in [2.75, 3.05) is 39.6 Å². The van der Waals surface area contributed by atoms with E-state index in [0.29, 0.717) is 45.6 Å². The van der Waals surface area contributed by atoms with E-state index in [1.807, 2.05) is 0 Å². The van der Waals surface area contributed by atoms with Crippen LogP contribution in [0.15, 0.2) is 4.99 Å². The van der Waals surface area contributed by atoms with Crippen LogP contribution < -0.4 is 0 Å². The second-order valence-electron chi connectivity index (χ2n) is 4.56. The highest BCUT2D eigenvalue weighted by atomic mass is 28.4. The number of hydrogen-bond donors (Lipinski definition) is 0.